The second-order valence-corrected chi connectivity index (χ2v) is 4.72. The first-order valence-electron chi connectivity index (χ1n) is 6.29. The third-order valence-electron chi connectivity index (χ3n) is 2.95. The minimum atomic E-state index is -0.614. The van der Waals surface area contributed by atoms with Crippen LogP contribution in [0.15, 0.2) is 9.98 Å². The molecule has 1 heterocycles. The first-order chi connectivity index (χ1) is 8.97. The van der Waals surface area contributed by atoms with Gasteiger partial charge >= 0.3 is 0 Å². The number of aliphatic imine (C=N–C) groups is 2. The Balaban J connectivity index is 2.81. The number of carbonyl (C=O) groups is 2. The highest BCUT2D eigenvalue weighted by Crippen LogP contribution is 2.25. The highest BCUT2D eigenvalue weighted by atomic mass is 16.5. The van der Waals surface area contributed by atoms with Gasteiger partial charge in [0.15, 0.2) is 0 Å². The second-order valence-electron chi connectivity index (χ2n) is 4.72. The molecule has 2 amide bonds. The van der Waals surface area contributed by atoms with Gasteiger partial charge in [0.25, 0.3) is 11.8 Å². The van der Waals surface area contributed by atoms with E-state index in [-0.39, 0.29) is 17.5 Å². The van der Waals surface area contributed by atoms with Crippen molar-refractivity contribution in [2.75, 3.05) is 27.2 Å². The van der Waals surface area contributed by atoms with E-state index in [1.165, 1.54) is 0 Å². The van der Waals surface area contributed by atoms with Crippen molar-refractivity contribution in [3.05, 3.63) is 0 Å². The van der Waals surface area contributed by atoms with Crippen LogP contribution in [-0.4, -0.2) is 66.2 Å². The van der Waals surface area contributed by atoms with Crippen LogP contribution in [0.25, 0.3) is 0 Å². The third kappa shape index (κ3) is 4.24. The van der Waals surface area contributed by atoms with Crippen LogP contribution in [0.2, 0.25) is 0 Å². The van der Waals surface area contributed by atoms with E-state index in [9.17, 15) is 14.8 Å². The highest BCUT2D eigenvalue weighted by Gasteiger charge is 2.42. The van der Waals surface area contributed by atoms with Crippen LogP contribution >= 0.6 is 0 Å². The van der Waals surface area contributed by atoms with Crippen molar-refractivity contribution in [2.45, 2.75) is 25.8 Å². The van der Waals surface area contributed by atoms with Gasteiger partial charge in [0.2, 0.25) is 0 Å². The van der Waals surface area contributed by atoms with Crippen LogP contribution in [0, 0.1) is 5.92 Å². The van der Waals surface area contributed by atoms with Crippen LogP contribution in [0.5, 0.6) is 0 Å². The quantitative estimate of drug-likeness (QED) is 0.425. The zero-order valence-corrected chi connectivity index (χ0v) is 11.5. The van der Waals surface area contributed by atoms with E-state index in [1.54, 1.807) is 0 Å². The van der Waals surface area contributed by atoms with Gasteiger partial charge in [-0.15, -0.1) is 0 Å². The van der Waals surface area contributed by atoms with E-state index in [0.717, 1.165) is 6.54 Å². The predicted molar refractivity (Wildman–Crippen MR) is 69.1 cm³/mol. The Morgan fingerprint density at radius 2 is 2.21 bits per heavy atom. The smallest absolute Gasteiger partial charge is 0.259 e. The first-order valence-corrected chi connectivity index (χ1v) is 6.29. The lowest BCUT2D eigenvalue weighted by Gasteiger charge is -2.18. The lowest BCUT2D eigenvalue weighted by Crippen LogP contribution is -2.32. The summed E-state index contributed by atoms with van der Waals surface area (Å²) in [6.07, 6.45) is 0.599. The molecule has 1 rings (SSSR count). The Kier molecular flexibility index (Phi) is 5.82. The Morgan fingerprint density at radius 3 is 2.68 bits per heavy atom. The Morgan fingerprint density at radius 1 is 1.53 bits per heavy atom. The van der Waals surface area contributed by atoms with Crippen LogP contribution in [-0.2, 0) is 9.59 Å². The number of hydrogen-bond acceptors (Lipinski definition) is 6. The Bertz CT molecular complexity index is 402. The molecule has 0 bridgehead atoms. The van der Waals surface area contributed by atoms with Crippen molar-refractivity contribution in [3.63, 3.8) is 0 Å². The van der Waals surface area contributed by atoms with E-state index >= 15 is 0 Å². The fraction of sp³-hybridized carbons (Fsp3) is 0.750. The molecule has 7 heteroatoms. The number of carbonyl (C=O) groups excluding carboxylic acids is 2. The second kappa shape index (κ2) is 7.13. The molecule has 1 aliphatic rings. The molecular weight excluding hydrogens is 248 g/mol. The van der Waals surface area contributed by atoms with Gasteiger partial charge in [0.1, 0.15) is 0 Å². The SMILES string of the molecule is CCN=C=NC(CCN(C)C)C1CC(=O)N(O)C1=O. The summed E-state index contributed by atoms with van der Waals surface area (Å²) in [5.74, 6) is -1.78. The molecule has 1 fully saturated rings. The third-order valence-corrected chi connectivity index (χ3v) is 2.95. The number of hydrogen-bond donors (Lipinski definition) is 1. The fourth-order valence-corrected chi connectivity index (χ4v) is 1.87. The molecule has 7 nitrogen and oxygen atoms in total. The maximum absolute atomic E-state index is 11.8. The lowest BCUT2D eigenvalue weighted by molar-refractivity contribution is -0.172. The predicted octanol–water partition coefficient (Wildman–Crippen LogP) is 0.265. The van der Waals surface area contributed by atoms with Crippen molar-refractivity contribution in [1.29, 1.82) is 0 Å². The number of rotatable bonds is 6. The topological polar surface area (TPSA) is 85.6 Å². The zero-order chi connectivity index (χ0) is 14.4. The van der Waals surface area contributed by atoms with Crippen molar-refractivity contribution in [3.8, 4) is 0 Å². The van der Waals surface area contributed by atoms with E-state index in [1.807, 2.05) is 25.9 Å². The fourth-order valence-electron chi connectivity index (χ4n) is 1.87. The molecule has 0 aliphatic carbocycles. The molecule has 0 spiro atoms. The summed E-state index contributed by atoms with van der Waals surface area (Å²) in [6, 6.07) is 2.17. The maximum Gasteiger partial charge on any atom is 0.259 e. The van der Waals surface area contributed by atoms with Crippen LogP contribution in [0.1, 0.15) is 19.8 Å². The molecule has 0 saturated carbocycles. The molecule has 0 aromatic heterocycles. The van der Waals surface area contributed by atoms with Gasteiger partial charge in [-0.3, -0.25) is 14.8 Å². The van der Waals surface area contributed by atoms with Crippen molar-refractivity contribution in [2.24, 2.45) is 15.9 Å². The highest BCUT2D eigenvalue weighted by molar-refractivity contribution is 6.02. The molecular formula is C12H20N4O3. The molecule has 0 aromatic rings. The summed E-state index contributed by atoms with van der Waals surface area (Å²) in [5, 5.41) is 9.47. The minimum absolute atomic E-state index is 0.00919. The summed E-state index contributed by atoms with van der Waals surface area (Å²) in [5.41, 5.74) is 0. The van der Waals surface area contributed by atoms with Crippen molar-refractivity contribution in [1.82, 2.24) is 9.96 Å². The van der Waals surface area contributed by atoms with Gasteiger partial charge in [-0.05, 0) is 34.0 Å². The Hall–Kier alpha value is -1.56. The zero-order valence-electron chi connectivity index (χ0n) is 11.5. The number of imide groups is 1. The molecule has 1 aliphatic heterocycles. The maximum atomic E-state index is 11.8. The summed E-state index contributed by atoms with van der Waals surface area (Å²) in [6.45, 7) is 3.15. The van der Waals surface area contributed by atoms with Gasteiger partial charge in [0.05, 0.1) is 18.0 Å². The first kappa shape index (κ1) is 15.5. The summed E-state index contributed by atoms with van der Waals surface area (Å²) in [4.78, 5) is 33.1. The summed E-state index contributed by atoms with van der Waals surface area (Å²) in [7, 11) is 3.84. The lowest BCUT2D eigenvalue weighted by atomic mass is 9.95. The summed E-state index contributed by atoms with van der Waals surface area (Å²) >= 11 is 0. The molecule has 2 atom stereocenters. The van der Waals surface area contributed by atoms with E-state index in [4.69, 9.17) is 0 Å². The minimum Gasteiger partial charge on any atom is -0.309 e. The van der Waals surface area contributed by atoms with Gasteiger partial charge in [0, 0.05) is 13.0 Å². The average Bonchev–Trinajstić information content (AvgIpc) is 2.61. The Labute approximate surface area is 112 Å². The summed E-state index contributed by atoms with van der Waals surface area (Å²) < 4.78 is 0. The van der Waals surface area contributed by atoms with Gasteiger partial charge < -0.3 is 4.90 Å². The number of nitrogens with zero attached hydrogens (tertiary/aromatic N) is 4. The van der Waals surface area contributed by atoms with Crippen LogP contribution in [0.3, 0.4) is 0 Å². The standard InChI is InChI=1S/C12H20N4O3/c1-4-13-8-14-10(5-6-15(2)3)9-7-11(17)16(19)12(9)18/h9-10,19H,4-7H2,1-3H3. The largest absolute Gasteiger partial charge is 0.309 e. The molecule has 0 aromatic carbocycles. The molecule has 1 N–H and O–H groups in total. The molecule has 0 radical (unpaired) electrons. The monoisotopic (exact) mass is 268 g/mol. The average molecular weight is 268 g/mol. The normalized spacial score (nSPS) is 20.7. The van der Waals surface area contributed by atoms with Gasteiger partial charge in [-0.1, -0.05) is 0 Å². The molecule has 2 unspecified atom stereocenters. The number of amides is 2. The van der Waals surface area contributed by atoms with Crippen molar-refractivity contribution < 1.29 is 14.8 Å². The van der Waals surface area contributed by atoms with Crippen molar-refractivity contribution >= 4 is 17.8 Å². The van der Waals surface area contributed by atoms with Crippen LogP contribution < -0.4 is 0 Å². The van der Waals surface area contributed by atoms with E-state index in [0.29, 0.717) is 13.0 Å². The van der Waals surface area contributed by atoms with E-state index in [2.05, 4.69) is 16.0 Å². The van der Waals surface area contributed by atoms with Crippen LogP contribution in [0.4, 0.5) is 0 Å². The van der Waals surface area contributed by atoms with Gasteiger partial charge in [-0.2, -0.15) is 5.06 Å². The van der Waals surface area contributed by atoms with Gasteiger partial charge in [-0.25, -0.2) is 9.98 Å². The number of hydroxylamine groups is 2. The molecule has 19 heavy (non-hydrogen) atoms. The van der Waals surface area contributed by atoms with E-state index < -0.39 is 17.7 Å². The molecule has 106 valence electrons. The molecule has 1 saturated heterocycles.